The van der Waals surface area contributed by atoms with Crippen LogP contribution in [-0.4, -0.2) is 11.6 Å². The highest BCUT2D eigenvalue weighted by molar-refractivity contribution is 6.00. The second-order valence-electron chi connectivity index (χ2n) is 3.06. The van der Waals surface area contributed by atoms with Gasteiger partial charge < -0.3 is 0 Å². The second-order valence-corrected chi connectivity index (χ2v) is 3.06. The zero-order chi connectivity index (χ0) is 10.4. The van der Waals surface area contributed by atoms with Crippen molar-refractivity contribution in [3.8, 4) is 11.8 Å². The maximum Gasteiger partial charge on any atom is 0.141 e. The highest BCUT2D eigenvalue weighted by Gasteiger charge is 2.17. The van der Waals surface area contributed by atoms with Crippen molar-refractivity contribution in [3.05, 3.63) is 12.2 Å². The lowest BCUT2D eigenvalue weighted by molar-refractivity contribution is -0.130. The first-order valence-electron chi connectivity index (χ1n) is 4.10. The Morgan fingerprint density at radius 1 is 1.23 bits per heavy atom. The first kappa shape index (κ1) is 11.6. The Bertz CT molecular complexity index is 275. The van der Waals surface area contributed by atoms with E-state index in [9.17, 15) is 9.59 Å². The number of allylic oxidation sites excluding steroid dienone is 1. The Hall–Kier alpha value is -1.36. The molecule has 13 heavy (non-hydrogen) atoms. The highest BCUT2D eigenvalue weighted by Crippen LogP contribution is 2.04. The Morgan fingerprint density at radius 3 is 2.00 bits per heavy atom. The highest BCUT2D eigenvalue weighted by atomic mass is 16.1. The van der Waals surface area contributed by atoms with E-state index in [4.69, 9.17) is 0 Å². The lowest BCUT2D eigenvalue weighted by atomic mass is 9.97. The van der Waals surface area contributed by atoms with Gasteiger partial charge in [0.15, 0.2) is 0 Å². The van der Waals surface area contributed by atoms with E-state index in [0.29, 0.717) is 6.42 Å². The van der Waals surface area contributed by atoms with Crippen molar-refractivity contribution in [2.24, 2.45) is 5.92 Å². The van der Waals surface area contributed by atoms with Gasteiger partial charge in [0, 0.05) is 6.42 Å². The molecule has 2 heteroatoms. The van der Waals surface area contributed by atoms with Gasteiger partial charge in [-0.1, -0.05) is 18.4 Å². The maximum atomic E-state index is 11.0. The van der Waals surface area contributed by atoms with E-state index in [1.54, 1.807) is 6.92 Å². The summed E-state index contributed by atoms with van der Waals surface area (Å²) in [5.74, 6) is 4.69. The summed E-state index contributed by atoms with van der Waals surface area (Å²) >= 11 is 0. The zero-order valence-corrected chi connectivity index (χ0v) is 8.31. The molecule has 0 radical (unpaired) electrons. The number of carbonyl (C=O) groups is 2. The van der Waals surface area contributed by atoms with Gasteiger partial charge in [-0.3, -0.25) is 9.59 Å². The minimum Gasteiger partial charge on any atom is -0.299 e. The van der Waals surface area contributed by atoms with E-state index in [2.05, 4.69) is 18.4 Å². The summed E-state index contributed by atoms with van der Waals surface area (Å²) in [6.07, 6.45) is 0.303. The van der Waals surface area contributed by atoms with Gasteiger partial charge in [-0.2, -0.15) is 0 Å². The Kier molecular flexibility index (Phi) is 4.76. The topological polar surface area (TPSA) is 34.1 Å². The molecule has 0 aromatic rings. The van der Waals surface area contributed by atoms with Gasteiger partial charge in [-0.05, 0) is 26.3 Å². The van der Waals surface area contributed by atoms with Crippen LogP contribution < -0.4 is 0 Å². The minimum atomic E-state index is -0.563. The molecule has 0 fully saturated rings. The van der Waals surface area contributed by atoms with Crippen LogP contribution in [0.2, 0.25) is 0 Å². The molecular formula is C11H14O2. The molecule has 0 N–H and O–H groups in total. The third-order valence-electron chi connectivity index (χ3n) is 1.59. The van der Waals surface area contributed by atoms with Crippen LogP contribution in [0.5, 0.6) is 0 Å². The van der Waals surface area contributed by atoms with Crippen molar-refractivity contribution in [1.82, 2.24) is 0 Å². The van der Waals surface area contributed by atoms with Gasteiger partial charge in [0.05, 0.1) is 5.92 Å². The fourth-order valence-electron chi connectivity index (χ4n) is 0.878. The number of hydrogen-bond acceptors (Lipinski definition) is 2. The monoisotopic (exact) mass is 178 g/mol. The van der Waals surface area contributed by atoms with E-state index in [-0.39, 0.29) is 11.6 Å². The molecule has 0 atom stereocenters. The fraction of sp³-hybridized carbons (Fsp3) is 0.455. The smallest absolute Gasteiger partial charge is 0.141 e. The molecule has 0 spiro atoms. The Labute approximate surface area is 79.0 Å². The summed E-state index contributed by atoms with van der Waals surface area (Å²) in [6.45, 7) is 8.20. The third-order valence-corrected chi connectivity index (χ3v) is 1.59. The van der Waals surface area contributed by atoms with Crippen molar-refractivity contribution in [1.29, 1.82) is 0 Å². The first-order chi connectivity index (χ1) is 5.95. The maximum absolute atomic E-state index is 11.0. The van der Waals surface area contributed by atoms with Crippen molar-refractivity contribution in [2.75, 3.05) is 0 Å². The van der Waals surface area contributed by atoms with Crippen molar-refractivity contribution < 1.29 is 9.59 Å². The molecule has 0 aliphatic rings. The fourth-order valence-corrected chi connectivity index (χ4v) is 0.878. The second kappa shape index (κ2) is 5.31. The number of carbonyl (C=O) groups excluding carboxylic acids is 2. The van der Waals surface area contributed by atoms with Gasteiger partial charge in [0.1, 0.15) is 11.6 Å². The van der Waals surface area contributed by atoms with Crippen LogP contribution in [0.3, 0.4) is 0 Å². The van der Waals surface area contributed by atoms with Crippen LogP contribution in [-0.2, 0) is 9.59 Å². The number of ketones is 2. The average Bonchev–Trinajstić information content (AvgIpc) is 1.95. The minimum absolute atomic E-state index is 0.122. The van der Waals surface area contributed by atoms with Gasteiger partial charge in [0.25, 0.3) is 0 Å². The quantitative estimate of drug-likeness (QED) is 0.487. The van der Waals surface area contributed by atoms with Gasteiger partial charge in [-0.25, -0.2) is 0 Å². The molecule has 0 amide bonds. The van der Waals surface area contributed by atoms with Gasteiger partial charge in [0.2, 0.25) is 0 Å². The molecule has 0 saturated heterocycles. The summed E-state index contributed by atoms with van der Waals surface area (Å²) in [6, 6.07) is 0. The largest absolute Gasteiger partial charge is 0.299 e. The van der Waals surface area contributed by atoms with E-state index >= 15 is 0 Å². The van der Waals surface area contributed by atoms with E-state index in [1.165, 1.54) is 13.8 Å². The molecule has 0 unspecified atom stereocenters. The third kappa shape index (κ3) is 4.97. The number of Topliss-reactive ketones (excluding diaryl/α,β-unsaturated/α-hetero) is 2. The van der Waals surface area contributed by atoms with Gasteiger partial charge >= 0.3 is 0 Å². The molecule has 0 bridgehead atoms. The Morgan fingerprint density at radius 2 is 1.69 bits per heavy atom. The summed E-state index contributed by atoms with van der Waals surface area (Å²) in [4.78, 5) is 21.9. The zero-order valence-electron chi connectivity index (χ0n) is 8.31. The van der Waals surface area contributed by atoms with Crippen molar-refractivity contribution in [2.45, 2.75) is 27.2 Å². The predicted molar refractivity (Wildman–Crippen MR) is 52.1 cm³/mol. The average molecular weight is 178 g/mol. The van der Waals surface area contributed by atoms with Crippen molar-refractivity contribution >= 4 is 11.6 Å². The molecule has 2 nitrogen and oxygen atoms in total. The predicted octanol–water partition coefficient (Wildman–Crippen LogP) is 1.75. The molecule has 0 rings (SSSR count). The van der Waals surface area contributed by atoms with Crippen LogP contribution in [0.15, 0.2) is 12.2 Å². The molecule has 0 aliphatic heterocycles. The number of rotatable bonds is 3. The molecule has 0 aromatic carbocycles. The van der Waals surface area contributed by atoms with E-state index in [0.717, 1.165) is 5.57 Å². The SMILES string of the molecule is C=C(C)C#CCC(C(C)=O)C(C)=O. The van der Waals surface area contributed by atoms with Crippen LogP contribution in [0.4, 0.5) is 0 Å². The van der Waals surface area contributed by atoms with Crippen LogP contribution in [0, 0.1) is 17.8 Å². The lowest BCUT2D eigenvalue weighted by Gasteiger charge is -2.03. The normalized spacial score (nSPS) is 8.92. The van der Waals surface area contributed by atoms with E-state index < -0.39 is 5.92 Å². The lowest BCUT2D eigenvalue weighted by Crippen LogP contribution is -2.18. The molecular weight excluding hydrogens is 164 g/mol. The molecule has 0 aromatic heterocycles. The summed E-state index contributed by atoms with van der Waals surface area (Å²) in [7, 11) is 0. The summed E-state index contributed by atoms with van der Waals surface area (Å²) in [5, 5.41) is 0. The van der Waals surface area contributed by atoms with Crippen LogP contribution in [0.25, 0.3) is 0 Å². The van der Waals surface area contributed by atoms with E-state index in [1.807, 2.05) is 0 Å². The molecule has 0 aliphatic carbocycles. The van der Waals surface area contributed by atoms with Crippen LogP contribution >= 0.6 is 0 Å². The first-order valence-corrected chi connectivity index (χ1v) is 4.10. The number of hydrogen-bond donors (Lipinski definition) is 0. The van der Waals surface area contributed by atoms with Gasteiger partial charge in [-0.15, -0.1) is 0 Å². The Balaban J connectivity index is 4.32. The van der Waals surface area contributed by atoms with Crippen molar-refractivity contribution in [3.63, 3.8) is 0 Å². The molecule has 0 heterocycles. The summed E-state index contributed by atoms with van der Waals surface area (Å²) < 4.78 is 0. The van der Waals surface area contributed by atoms with Crippen LogP contribution in [0.1, 0.15) is 27.2 Å². The standard InChI is InChI=1S/C11H14O2/c1-8(2)6-5-7-11(9(3)12)10(4)13/h11H,1,7H2,2-4H3. The molecule has 0 saturated carbocycles. The molecule has 70 valence electrons. The summed E-state index contributed by atoms with van der Waals surface area (Å²) in [5.41, 5.74) is 0.742.